The van der Waals surface area contributed by atoms with Crippen LogP contribution in [0.2, 0.25) is 0 Å². The van der Waals surface area contributed by atoms with Crippen molar-refractivity contribution in [2.24, 2.45) is 11.8 Å². The van der Waals surface area contributed by atoms with Gasteiger partial charge in [0.15, 0.2) is 0 Å². The van der Waals surface area contributed by atoms with Gasteiger partial charge in [-0.1, -0.05) is 0 Å². The summed E-state index contributed by atoms with van der Waals surface area (Å²) < 4.78 is 59.1. The lowest BCUT2D eigenvalue weighted by Crippen LogP contribution is -2.49. The fourth-order valence-electron chi connectivity index (χ4n) is 4.32. The summed E-state index contributed by atoms with van der Waals surface area (Å²) in [6.45, 7) is 3.37. The van der Waals surface area contributed by atoms with Crippen LogP contribution in [0.1, 0.15) is 25.7 Å². The summed E-state index contributed by atoms with van der Waals surface area (Å²) in [5.41, 5.74) is 0. The highest BCUT2D eigenvalue weighted by atomic mass is 32.2. The second-order valence-electron chi connectivity index (χ2n) is 8.19. The molecule has 0 unspecified atom stereocenters. The van der Waals surface area contributed by atoms with E-state index in [1.54, 1.807) is 17.0 Å². The lowest BCUT2D eigenvalue weighted by molar-refractivity contribution is -0.192. The number of likely N-dealkylation sites (tertiary alicyclic amines) is 1. The SMILES string of the molecule is CS(=O)(=O)N1CC[C@H]2[C@H](C[C@@H](Cn3cncn3)N2CC2CC2)C1.O=C(O)C(F)(F)F. The first-order valence-corrected chi connectivity index (χ1v) is 11.6. The van der Waals surface area contributed by atoms with Gasteiger partial charge in [-0.25, -0.2) is 22.5 Å². The smallest absolute Gasteiger partial charge is 0.475 e. The molecule has 0 bridgehead atoms. The number of carboxylic acids is 1. The topological polar surface area (TPSA) is 109 Å². The van der Waals surface area contributed by atoms with Gasteiger partial charge in [0.1, 0.15) is 12.7 Å². The van der Waals surface area contributed by atoms with Crippen LogP contribution in [0.25, 0.3) is 0 Å². The fraction of sp³-hybridized carbons (Fsp3) is 0.824. The number of hydrogen-bond donors (Lipinski definition) is 1. The number of alkyl halides is 3. The highest BCUT2D eigenvalue weighted by Gasteiger charge is 2.46. The average Bonchev–Trinajstić information content (AvgIpc) is 3.19. The molecule has 0 aromatic carbocycles. The minimum Gasteiger partial charge on any atom is -0.475 e. The van der Waals surface area contributed by atoms with Gasteiger partial charge in [-0.2, -0.15) is 18.3 Å². The van der Waals surface area contributed by atoms with Crippen molar-refractivity contribution >= 4 is 16.0 Å². The summed E-state index contributed by atoms with van der Waals surface area (Å²) in [7, 11) is -3.07. The molecule has 3 fully saturated rings. The van der Waals surface area contributed by atoms with E-state index in [0.29, 0.717) is 31.1 Å². The van der Waals surface area contributed by atoms with E-state index < -0.39 is 22.2 Å². The average molecular weight is 453 g/mol. The van der Waals surface area contributed by atoms with Gasteiger partial charge >= 0.3 is 12.1 Å². The van der Waals surface area contributed by atoms with E-state index in [4.69, 9.17) is 9.90 Å². The van der Waals surface area contributed by atoms with Crippen molar-refractivity contribution < 1.29 is 31.5 Å². The van der Waals surface area contributed by atoms with Gasteiger partial charge in [-0.05, 0) is 37.5 Å². The van der Waals surface area contributed by atoms with E-state index in [2.05, 4.69) is 15.0 Å². The molecule has 0 amide bonds. The Morgan fingerprint density at radius 2 is 1.90 bits per heavy atom. The number of nitrogens with zero attached hydrogens (tertiary/aromatic N) is 5. The molecule has 3 aliphatic rings. The third-order valence-electron chi connectivity index (χ3n) is 5.87. The predicted octanol–water partition coefficient (Wildman–Crippen LogP) is 1.05. The van der Waals surface area contributed by atoms with Crippen molar-refractivity contribution in [1.82, 2.24) is 24.0 Å². The fourth-order valence-corrected chi connectivity index (χ4v) is 5.22. The summed E-state index contributed by atoms with van der Waals surface area (Å²) in [4.78, 5) is 15.6. The van der Waals surface area contributed by atoms with E-state index in [0.717, 1.165) is 25.3 Å². The van der Waals surface area contributed by atoms with Crippen molar-refractivity contribution in [2.45, 2.75) is 50.5 Å². The molecule has 13 heteroatoms. The molecule has 4 rings (SSSR count). The predicted molar refractivity (Wildman–Crippen MR) is 99.9 cm³/mol. The maximum absolute atomic E-state index is 11.9. The number of hydrogen-bond acceptors (Lipinski definition) is 6. The molecule has 0 spiro atoms. The van der Waals surface area contributed by atoms with Gasteiger partial charge in [0.05, 0.1) is 12.8 Å². The number of aliphatic carboxylic acids is 1. The lowest BCUT2D eigenvalue weighted by Gasteiger charge is -2.37. The highest BCUT2D eigenvalue weighted by molar-refractivity contribution is 7.88. The molecule has 1 aromatic heterocycles. The van der Waals surface area contributed by atoms with Gasteiger partial charge in [-0.3, -0.25) is 9.58 Å². The Balaban J connectivity index is 0.000000318. The first kappa shape index (κ1) is 22.9. The van der Waals surface area contributed by atoms with Crippen LogP contribution < -0.4 is 0 Å². The molecular weight excluding hydrogens is 427 g/mol. The van der Waals surface area contributed by atoms with Crippen molar-refractivity contribution in [3.63, 3.8) is 0 Å². The number of rotatable bonds is 5. The number of sulfonamides is 1. The zero-order valence-corrected chi connectivity index (χ0v) is 17.4. The van der Waals surface area contributed by atoms with Crippen molar-refractivity contribution in [3.05, 3.63) is 12.7 Å². The van der Waals surface area contributed by atoms with Crippen LogP contribution in [0.3, 0.4) is 0 Å². The number of halogens is 3. The lowest BCUT2D eigenvalue weighted by atomic mass is 9.93. The van der Waals surface area contributed by atoms with Crippen LogP contribution >= 0.6 is 0 Å². The second kappa shape index (κ2) is 8.79. The van der Waals surface area contributed by atoms with Gasteiger partial charge < -0.3 is 5.11 Å². The van der Waals surface area contributed by atoms with Crippen LogP contribution in [0.15, 0.2) is 12.7 Å². The van der Waals surface area contributed by atoms with Gasteiger partial charge in [-0.15, -0.1) is 0 Å². The Kier molecular flexibility index (Phi) is 6.72. The van der Waals surface area contributed by atoms with E-state index in [1.807, 2.05) is 4.68 Å². The van der Waals surface area contributed by atoms with Gasteiger partial charge in [0.2, 0.25) is 10.0 Å². The minimum absolute atomic E-state index is 0.450. The van der Waals surface area contributed by atoms with Crippen molar-refractivity contribution in [2.75, 3.05) is 25.9 Å². The summed E-state index contributed by atoms with van der Waals surface area (Å²) in [6.07, 6.45) is 4.32. The molecule has 9 nitrogen and oxygen atoms in total. The van der Waals surface area contributed by atoms with Gasteiger partial charge in [0, 0.05) is 31.7 Å². The molecule has 1 saturated carbocycles. The summed E-state index contributed by atoms with van der Waals surface area (Å²) >= 11 is 0. The molecule has 3 atom stereocenters. The van der Waals surface area contributed by atoms with Gasteiger partial charge in [0.25, 0.3) is 0 Å². The molecule has 1 aromatic rings. The molecule has 0 radical (unpaired) electrons. The maximum atomic E-state index is 11.9. The van der Waals surface area contributed by atoms with E-state index in [-0.39, 0.29) is 0 Å². The van der Waals surface area contributed by atoms with Crippen molar-refractivity contribution in [3.8, 4) is 0 Å². The number of piperidine rings is 1. The van der Waals surface area contributed by atoms with Crippen LogP contribution in [0, 0.1) is 11.8 Å². The largest absolute Gasteiger partial charge is 0.490 e. The quantitative estimate of drug-likeness (QED) is 0.710. The molecule has 1 N–H and O–H groups in total. The second-order valence-corrected chi connectivity index (χ2v) is 10.2. The molecule has 30 heavy (non-hydrogen) atoms. The minimum atomic E-state index is -5.08. The number of aromatic nitrogens is 3. The molecule has 3 heterocycles. The normalized spacial score (nSPS) is 27.9. The summed E-state index contributed by atoms with van der Waals surface area (Å²) in [6, 6.07) is 0.980. The Morgan fingerprint density at radius 3 is 2.40 bits per heavy atom. The maximum Gasteiger partial charge on any atom is 0.490 e. The highest BCUT2D eigenvalue weighted by Crippen LogP contribution is 2.40. The van der Waals surface area contributed by atoms with E-state index in [1.165, 1.54) is 25.6 Å². The zero-order chi connectivity index (χ0) is 22.1. The number of carboxylic acid groups (broad SMARTS) is 1. The molecule has 2 aliphatic heterocycles. The Bertz CT molecular complexity index is 829. The molecular formula is C17H26F3N5O4S. The van der Waals surface area contributed by atoms with Crippen LogP contribution in [-0.2, 0) is 21.4 Å². The van der Waals surface area contributed by atoms with Crippen LogP contribution in [0.5, 0.6) is 0 Å². The molecule has 2 saturated heterocycles. The Morgan fingerprint density at radius 1 is 1.23 bits per heavy atom. The van der Waals surface area contributed by atoms with Crippen LogP contribution in [0.4, 0.5) is 13.2 Å². The van der Waals surface area contributed by atoms with E-state index in [9.17, 15) is 21.6 Å². The summed E-state index contributed by atoms with van der Waals surface area (Å²) in [5.74, 6) is -1.46. The van der Waals surface area contributed by atoms with Crippen LogP contribution in [-0.4, -0.2) is 87.6 Å². The standard InChI is InChI=1S/C15H25N5O2S.C2HF3O2/c1-23(21,22)19-5-4-15-13(8-19)6-14(9-18-11-16-10-17-18)20(15)7-12-2-3-12;3-2(4,5)1(6)7/h10-15H,2-9H2,1H3;(H,6,7)/t13-,14+,15+;/m1./s1. The number of fused-ring (bicyclic) bond motifs is 1. The molecule has 1 aliphatic carbocycles. The monoisotopic (exact) mass is 453 g/mol. The number of carbonyl (C=O) groups is 1. The zero-order valence-electron chi connectivity index (χ0n) is 16.6. The first-order chi connectivity index (χ1) is 13.9. The van der Waals surface area contributed by atoms with Crippen molar-refractivity contribution in [1.29, 1.82) is 0 Å². The third kappa shape index (κ3) is 5.91. The van der Waals surface area contributed by atoms with E-state index >= 15 is 0 Å². The Labute approximate surface area is 172 Å². The third-order valence-corrected chi connectivity index (χ3v) is 7.14. The molecule has 170 valence electrons. The first-order valence-electron chi connectivity index (χ1n) is 9.78. The Hall–Kier alpha value is -1.73. The summed E-state index contributed by atoms with van der Waals surface area (Å²) in [5, 5.41) is 11.4.